The second-order valence-corrected chi connectivity index (χ2v) is 4.11. The number of nitrogens with one attached hydrogen (secondary N) is 1. The van der Waals surface area contributed by atoms with E-state index in [2.05, 4.69) is 17.4 Å². The number of thioether (sulfide) groups is 1. The first-order valence-corrected chi connectivity index (χ1v) is 5.32. The number of benzene rings is 1. The molecule has 3 heteroatoms. The molecule has 1 aliphatic rings. The van der Waals surface area contributed by atoms with Crippen LogP contribution in [0.25, 0.3) is 0 Å². The average Bonchev–Trinajstić information content (AvgIpc) is 2.18. The van der Waals surface area contributed by atoms with Crippen molar-refractivity contribution in [2.24, 2.45) is 0 Å². The molecule has 2 nitrogen and oxygen atoms in total. The van der Waals surface area contributed by atoms with E-state index < -0.39 is 0 Å². The highest BCUT2D eigenvalue weighted by Crippen LogP contribution is 2.31. The number of aldehydes is 1. The molecule has 0 saturated carbocycles. The quantitative estimate of drug-likeness (QED) is 0.728. The van der Waals surface area contributed by atoms with Crippen molar-refractivity contribution in [3.05, 3.63) is 23.8 Å². The lowest BCUT2D eigenvalue weighted by atomic mass is 10.1. The summed E-state index contributed by atoms with van der Waals surface area (Å²) >= 11 is 1.85. The second kappa shape index (κ2) is 3.83. The van der Waals surface area contributed by atoms with Gasteiger partial charge in [-0.05, 0) is 17.7 Å². The van der Waals surface area contributed by atoms with Gasteiger partial charge in [0.15, 0.2) is 0 Å². The maximum atomic E-state index is 10.3. The summed E-state index contributed by atoms with van der Waals surface area (Å²) in [5.41, 5.74) is 2.30. The van der Waals surface area contributed by atoms with Gasteiger partial charge in [0, 0.05) is 29.3 Å². The summed E-state index contributed by atoms with van der Waals surface area (Å²) in [4.78, 5) is 11.6. The fourth-order valence-electron chi connectivity index (χ4n) is 1.40. The van der Waals surface area contributed by atoms with Crippen LogP contribution in [0.2, 0.25) is 0 Å². The van der Waals surface area contributed by atoms with Crippen LogP contribution >= 0.6 is 11.8 Å². The van der Waals surface area contributed by atoms with Gasteiger partial charge >= 0.3 is 0 Å². The zero-order valence-corrected chi connectivity index (χ0v) is 8.06. The molecule has 1 N–H and O–H groups in total. The van der Waals surface area contributed by atoms with Crippen LogP contribution in [0.4, 0.5) is 5.69 Å². The summed E-state index contributed by atoms with van der Waals surface area (Å²) in [5.74, 6) is 1.11. The third-order valence-electron chi connectivity index (χ3n) is 2.04. The summed E-state index contributed by atoms with van der Waals surface area (Å²) in [6.45, 7) is 1.03. The van der Waals surface area contributed by atoms with Crippen molar-refractivity contribution in [2.45, 2.75) is 11.3 Å². The second-order valence-electron chi connectivity index (χ2n) is 2.98. The molecule has 1 aromatic carbocycles. The molecule has 0 aromatic heterocycles. The SMILES string of the molecule is O=CCc1ccc2c(c1)SCCN2. The van der Waals surface area contributed by atoms with E-state index in [9.17, 15) is 4.79 Å². The largest absolute Gasteiger partial charge is 0.383 e. The highest BCUT2D eigenvalue weighted by atomic mass is 32.2. The van der Waals surface area contributed by atoms with Gasteiger partial charge in [-0.1, -0.05) is 6.07 Å². The maximum Gasteiger partial charge on any atom is 0.124 e. The summed E-state index contributed by atoms with van der Waals surface area (Å²) in [5, 5.41) is 3.32. The van der Waals surface area contributed by atoms with Crippen LogP contribution in [-0.4, -0.2) is 18.6 Å². The summed E-state index contributed by atoms with van der Waals surface area (Å²) < 4.78 is 0. The van der Waals surface area contributed by atoms with Crippen molar-refractivity contribution in [1.29, 1.82) is 0 Å². The Balaban J connectivity index is 2.29. The molecule has 2 rings (SSSR count). The molecule has 1 heterocycles. The van der Waals surface area contributed by atoms with E-state index in [-0.39, 0.29) is 0 Å². The van der Waals surface area contributed by atoms with Gasteiger partial charge in [0.1, 0.15) is 6.29 Å². The zero-order valence-electron chi connectivity index (χ0n) is 7.25. The predicted octanol–water partition coefficient (Wildman–Crippen LogP) is 1.95. The predicted molar refractivity (Wildman–Crippen MR) is 55.4 cm³/mol. The van der Waals surface area contributed by atoms with Crippen molar-refractivity contribution in [1.82, 2.24) is 0 Å². The van der Waals surface area contributed by atoms with Crippen molar-refractivity contribution in [3.63, 3.8) is 0 Å². The minimum atomic E-state index is 0.522. The minimum Gasteiger partial charge on any atom is -0.383 e. The Labute approximate surface area is 81.7 Å². The topological polar surface area (TPSA) is 29.1 Å². The number of carbonyl (C=O) groups is 1. The van der Waals surface area contributed by atoms with Crippen LogP contribution in [0.1, 0.15) is 5.56 Å². The highest BCUT2D eigenvalue weighted by Gasteiger charge is 2.08. The number of fused-ring (bicyclic) bond motifs is 1. The Morgan fingerprint density at radius 3 is 3.31 bits per heavy atom. The Morgan fingerprint density at radius 1 is 1.54 bits per heavy atom. The van der Waals surface area contributed by atoms with Crippen molar-refractivity contribution >= 4 is 23.7 Å². The third kappa shape index (κ3) is 1.86. The van der Waals surface area contributed by atoms with Crippen molar-refractivity contribution in [2.75, 3.05) is 17.6 Å². The molecule has 13 heavy (non-hydrogen) atoms. The molecule has 1 aliphatic heterocycles. The fourth-order valence-corrected chi connectivity index (χ4v) is 2.36. The number of hydrogen-bond acceptors (Lipinski definition) is 3. The number of rotatable bonds is 2. The van der Waals surface area contributed by atoms with Crippen LogP contribution in [0.15, 0.2) is 23.1 Å². The monoisotopic (exact) mass is 193 g/mol. The molecular formula is C10H11NOS. The van der Waals surface area contributed by atoms with Gasteiger partial charge in [-0.15, -0.1) is 11.8 Å². The lowest BCUT2D eigenvalue weighted by Crippen LogP contribution is -2.10. The molecule has 0 saturated heterocycles. The van der Waals surface area contributed by atoms with E-state index in [1.165, 1.54) is 10.6 Å². The van der Waals surface area contributed by atoms with Gasteiger partial charge in [0.2, 0.25) is 0 Å². The van der Waals surface area contributed by atoms with E-state index in [1.54, 1.807) is 0 Å². The molecule has 0 radical (unpaired) electrons. The first kappa shape index (κ1) is 8.63. The zero-order chi connectivity index (χ0) is 9.10. The Morgan fingerprint density at radius 2 is 2.46 bits per heavy atom. The molecule has 1 aromatic rings. The molecule has 0 spiro atoms. The Kier molecular flexibility index (Phi) is 2.54. The van der Waals surface area contributed by atoms with Crippen LogP contribution in [0.5, 0.6) is 0 Å². The van der Waals surface area contributed by atoms with Crippen LogP contribution in [0.3, 0.4) is 0 Å². The number of hydrogen-bond donors (Lipinski definition) is 1. The molecule has 68 valence electrons. The van der Waals surface area contributed by atoms with E-state index in [1.807, 2.05) is 17.8 Å². The minimum absolute atomic E-state index is 0.522. The molecular weight excluding hydrogens is 182 g/mol. The summed E-state index contributed by atoms with van der Waals surface area (Å²) in [7, 11) is 0. The van der Waals surface area contributed by atoms with Crippen LogP contribution < -0.4 is 5.32 Å². The van der Waals surface area contributed by atoms with Crippen molar-refractivity contribution < 1.29 is 4.79 Å². The van der Waals surface area contributed by atoms with Gasteiger partial charge in [-0.25, -0.2) is 0 Å². The average molecular weight is 193 g/mol. The molecule has 0 fully saturated rings. The van der Waals surface area contributed by atoms with Crippen LogP contribution in [0, 0.1) is 0 Å². The standard InChI is InChI=1S/C10H11NOS/c12-5-3-8-1-2-9-10(7-8)13-6-4-11-9/h1-2,5,7,11H,3-4,6H2. The highest BCUT2D eigenvalue weighted by molar-refractivity contribution is 7.99. The van der Waals surface area contributed by atoms with Gasteiger partial charge in [-0.2, -0.15) is 0 Å². The smallest absolute Gasteiger partial charge is 0.124 e. The Hall–Kier alpha value is -0.960. The van der Waals surface area contributed by atoms with Crippen LogP contribution in [-0.2, 0) is 11.2 Å². The number of carbonyl (C=O) groups excluding carboxylic acids is 1. The van der Waals surface area contributed by atoms with Gasteiger partial charge in [-0.3, -0.25) is 0 Å². The normalized spacial score (nSPS) is 14.5. The summed E-state index contributed by atoms with van der Waals surface area (Å²) in [6.07, 6.45) is 1.47. The Bertz CT molecular complexity index is 325. The van der Waals surface area contributed by atoms with Gasteiger partial charge in [0.25, 0.3) is 0 Å². The third-order valence-corrected chi connectivity index (χ3v) is 3.10. The van der Waals surface area contributed by atoms with Crippen molar-refractivity contribution in [3.8, 4) is 0 Å². The molecule has 0 bridgehead atoms. The lowest BCUT2D eigenvalue weighted by Gasteiger charge is -2.17. The molecule has 0 unspecified atom stereocenters. The molecule has 0 atom stereocenters. The fraction of sp³-hybridized carbons (Fsp3) is 0.300. The van der Waals surface area contributed by atoms with E-state index >= 15 is 0 Å². The van der Waals surface area contributed by atoms with Gasteiger partial charge < -0.3 is 10.1 Å². The first-order chi connectivity index (χ1) is 6.40. The molecule has 0 amide bonds. The maximum absolute atomic E-state index is 10.3. The first-order valence-electron chi connectivity index (χ1n) is 4.33. The molecule has 0 aliphatic carbocycles. The lowest BCUT2D eigenvalue weighted by molar-refractivity contribution is -0.107. The van der Waals surface area contributed by atoms with E-state index in [0.29, 0.717) is 6.42 Å². The van der Waals surface area contributed by atoms with Gasteiger partial charge in [0.05, 0.1) is 0 Å². The number of anilines is 1. The van der Waals surface area contributed by atoms with E-state index in [4.69, 9.17) is 0 Å². The van der Waals surface area contributed by atoms with E-state index in [0.717, 1.165) is 24.1 Å². The summed E-state index contributed by atoms with van der Waals surface area (Å²) in [6, 6.07) is 6.16.